The zero-order chi connectivity index (χ0) is 18.7. The number of piperazine rings is 1. The molecule has 0 bridgehead atoms. The molecule has 0 aliphatic carbocycles. The average molecular weight is 414 g/mol. The molecule has 4 nitrogen and oxygen atoms in total. The number of carbonyl (C=O) groups is 1. The highest BCUT2D eigenvalue weighted by atomic mass is 35.5. The zero-order valence-electron chi connectivity index (χ0n) is 14.4. The summed E-state index contributed by atoms with van der Waals surface area (Å²) in [5, 5.41) is 4.66. The highest BCUT2D eigenvalue weighted by molar-refractivity contribution is 6.35. The number of amides is 1. The molecular weight excluding hydrogens is 393 g/mol. The van der Waals surface area contributed by atoms with Crippen LogP contribution in [0, 0.1) is 0 Å². The summed E-state index contributed by atoms with van der Waals surface area (Å²) >= 11 is 18.1. The van der Waals surface area contributed by atoms with Crippen molar-refractivity contribution in [3.63, 3.8) is 0 Å². The van der Waals surface area contributed by atoms with Crippen molar-refractivity contribution >= 4 is 52.1 Å². The van der Waals surface area contributed by atoms with E-state index in [0.717, 1.165) is 36.9 Å². The molecule has 0 saturated carbocycles. The molecule has 1 amide bonds. The summed E-state index contributed by atoms with van der Waals surface area (Å²) in [4.78, 5) is 16.1. The Bertz CT molecular complexity index is 771. The Labute approximate surface area is 168 Å². The maximum atomic E-state index is 12.6. The van der Waals surface area contributed by atoms with E-state index in [1.165, 1.54) is 4.90 Å². The number of halogens is 3. The third kappa shape index (κ3) is 4.83. The van der Waals surface area contributed by atoms with Crippen LogP contribution in [0.4, 0.5) is 11.4 Å². The molecule has 0 radical (unpaired) electrons. The van der Waals surface area contributed by atoms with Gasteiger partial charge in [0.1, 0.15) is 0 Å². The Morgan fingerprint density at radius 2 is 1.69 bits per heavy atom. The Morgan fingerprint density at radius 1 is 1.04 bits per heavy atom. The number of rotatable bonds is 4. The number of quaternary nitrogens is 1. The quantitative estimate of drug-likeness (QED) is 0.806. The van der Waals surface area contributed by atoms with E-state index >= 15 is 0 Å². The molecule has 7 heteroatoms. The van der Waals surface area contributed by atoms with Gasteiger partial charge >= 0.3 is 0 Å². The summed E-state index contributed by atoms with van der Waals surface area (Å²) in [5.41, 5.74) is 1.75. The van der Waals surface area contributed by atoms with Gasteiger partial charge in [-0.25, -0.2) is 0 Å². The second-order valence-corrected chi connectivity index (χ2v) is 7.80. The maximum Gasteiger partial charge on any atom is 0.282 e. The summed E-state index contributed by atoms with van der Waals surface area (Å²) in [6.45, 7) is 5.49. The van der Waals surface area contributed by atoms with Gasteiger partial charge in [0.15, 0.2) is 6.04 Å². The first kappa shape index (κ1) is 19.3. The van der Waals surface area contributed by atoms with Gasteiger partial charge in [0, 0.05) is 26.4 Å². The molecule has 2 N–H and O–H groups in total. The molecule has 1 aliphatic heterocycles. The molecule has 1 saturated heterocycles. The fourth-order valence-corrected chi connectivity index (χ4v) is 3.93. The summed E-state index contributed by atoms with van der Waals surface area (Å²) in [7, 11) is 0. The fourth-order valence-electron chi connectivity index (χ4n) is 3.22. The Balaban J connectivity index is 1.57. The smallest absolute Gasteiger partial charge is 0.282 e. The number of hydrogen-bond acceptors (Lipinski definition) is 2. The van der Waals surface area contributed by atoms with Crippen LogP contribution in [0.15, 0.2) is 42.5 Å². The fraction of sp³-hybridized carbons (Fsp3) is 0.316. The molecule has 2 aromatic carbocycles. The van der Waals surface area contributed by atoms with E-state index in [0.29, 0.717) is 15.7 Å². The van der Waals surface area contributed by atoms with Crippen LogP contribution in [0.25, 0.3) is 0 Å². The summed E-state index contributed by atoms with van der Waals surface area (Å²) < 4.78 is 0. The van der Waals surface area contributed by atoms with E-state index in [1.54, 1.807) is 18.2 Å². The van der Waals surface area contributed by atoms with Gasteiger partial charge in [-0.3, -0.25) is 4.79 Å². The first-order valence-corrected chi connectivity index (χ1v) is 9.68. The first-order chi connectivity index (χ1) is 12.4. The van der Waals surface area contributed by atoms with Crippen LogP contribution in [-0.4, -0.2) is 38.1 Å². The number of hydrogen-bond donors (Lipinski definition) is 2. The van der Waals surface area contributed by atoms with Crippen molar-refractivity contribution in [2.24, 2.45) is 0 Å². The second kappa shape index (κ2) is 8.49. The molecule has 0 aromatic heterocycles. The number of nitrogens with one attached hydrogen (secondary N) is 2. The Morgan fingerprint density at radius 3 is 2.31 bits per heavy atom. The highest BCUT2D eigenvalue weighted by Gasteiger charge is 2.29. The van der Waals surface area contributed by atoms with Crippen molar-refractivity contribution in [3.8, 4) is 0 Å². The molecule has 1 heterocycles. The highest BCUT2D eigenvalue weighted by Crippen LogP contribution is 2.22. The van der Waals surface area contributed by atoms with E-state index in [2.05, 4.69) is 16.3 Å². The minimum Gasteiger partial charge on any atom is -0.360 e. The van der Waals surface area contributed by atoms with Gasteiger partial charge in [-0.05, 0) is 43.3 Å². The average Bonchev–Trinajstić information content (AvgIpc) is 2.60. The number of carbonyl (C=O) groups excluding carboxylic acids is 1. The second-order valence-electron chi connectivity index (χ2n) is 6.49. The third-order valence-electron chi connectivity index (χ3n) is 4.71. The molecule has 3 rings (SSSR count). The van der Waals surface area contributed by atoms with Gasteiger partial charge in [-0.15, -0.1) is 0 Å². The van der Waals surface area contributed by atoms with Gasteiger partial charge < -0.3 is 15.1 Å². The van der Waals surface area contributed by atoms with Crippen LogP contribution in [0.2, 0.25) is 15.1 Å². The molecule has 1 atom stereocenters. The predicted molar refractivity (Wildman–Crippen MR) is 109 cm³/mol. The van der Waals surface area contributed by atoms with Gasteiger partial charge in [-0.1, -0.05) is 40.9 Å². The summed E-state index contributed by atoms with van der Waals surface area (Å²) in [5.74, 6) is -0.0328. The standard InChI is InChI=1S/C19H20Cl3N3O/c1-13(19(26)23-17-10-15(21)9-16(22)11-17)24-5-7-25(8-6-24)18-4-2-3-14(20)12-18/h2-4,9-13H,5-8H2,1H3,(H,23,26)/p+1/t13-/m1/s1. The lowest BCUT2D eigenvalue weighted by Crippen LogP contribution is -3.19. The number of anilines is 2. The zero-order valence-corrected chi connectivity index (χ0v) is 16.7. The molecule has 1 fully saturated rings. The first-order valence-electron chi connectivity index (χ1n) is 8.54. The van der Waals surface area contributed by atoms with Gasteiger partial charge in [0.2, 0.25) is 0 Å². The van der Waals surface area contributed by atoms with Crippen LogP contribution in [0.1, 0.15) is 6.92 Å². The van der Waals surface area contributed by atoms with Gasteiger partial charge in [0.05, 0.1) is 26.2 Å². The third-order valence-corrected chi connectivity index (χ3v) is 5.39. The van der Waals surface area contributed by atoms with Crippen molar-refractivity contribution in [2.75, 3.05) is 36.4 Å². The van der Waals surface area contributed by atoms with Crippen LogP contribution in [-0.2, 0) is 4.79 Å². The molecule has 1 aliphatic rings. The predicted octanol–water partition coefficient (Wildman–Crippen LogP) is 3.38. The van der Waals surface area contributed by atoms with Crippen LogP contribution >= 0.6 is 34.8 Å². The van der Waals surface area contributed by atoms with Crippen molar-refractivity contribution in [1.29, 1.82) is 0 Å². The van der Waals surface area contributed by atoms with Crippen LogP contribution in [0.5, 0.6) is 0 Å². The van der Waals surface area contributed by atoms with Crippen LogP contribution < -0.4 is 15.1 Å². The molecule has 2 aromatic rings. The maximum absolute atomic E-state index is 12.6. The van der Waals surface area contributed by atoms with E-state index in [-0.39, 0.29) is 11.9 Å². The molecule has 26 heavy (non-hydrogen) atoms. The molecule has 138 valence electrons. The summed E-state index contributed by atoms with van der Waals surface area (Å²) in [6, 6.07) is 12.8. The van der Waals surface area contributed by atoms with Crippen molar-refractivity contribution in [1.82, 2.24) is 0 Å². The van der Waals surface area contributed by atoms with Crippen molar-refractivity contribution < 1.29 is 9.69 Å². The Hall–Kier alpha value is -1.46. The molecular formula is C19H21Cl3N3O+. The lowest BCUT2D eigenvalue weighted by Gasteiger charge is -2.36. The molecule has 0 unspecified atom stereocenters. The molecule has 0 spiro atoms. The van der Waals surface area contributed by atoms with Crippen molar-refractivity contribution in [3.05, 3.63) is 57.5 Å². The van der Waals surface area contributed by atoms with E-state index in [4.69, 9.17) is 34.8 Å². The Kier molecular flexibility index (Phi) is 6.30. The lowest BCUT2D eigenvalue weighted by molar-refractivity contribution is -0.914. The lowest BCUT2D eigenvalue weighted by atomic mass is 10.2. The van der Waals surface area contributed by atoms with E-state index < -0.39 is 0 Å². The minimum absolute atomic E-state index is 0.0328. The largest absolute Gasteiger partial charge is 0.360 e. The van der Waals surface area contributed by atoms with E-state index in [9.17, 15) is 4.79 Å². The van der Waals surface area contributed by atoms with Crippen molar-refractivity contribution in [2.45, 2.75) is 13.0 Å². The van der Waals surface area contributed by atoms with Crippen LogP contribution in [0.3, 0.4) is 0 Å². The van der Waals surface area contributed by atoms with Gasteiger partial charge in [-0.2, -0.15) is 0 Å². The minimum atomic E-state index is -0.158. The summed E-state index contributed by atoms with van der Waals surface area (Å²) in [6.07, 6.45) is 0. The van der Waals surface area contributed by atoms with Gasteiger partial charge in [0.25, 0.3) is 5.91 Å². The number of nitrogens with zero attached hydrogens (tertiary/aromatic N) is 1. The topological polar surface area (TPSA) is 36.8 Å². The monoisotopic (exact) mass is 412 g/mol. The van der Waals surface area contributed by atoms with E-state index in [1.807, 2.05) is 25.1 Å². The SMILES string of the molecule is C[C@H](C(=O)Nc1cc(Cl)cc(Cl)c1)[NH+]1CCN(c2cccc(Cl)c2)CC1. The number of benzene rings is 2. The normalized spacial score (nSPS) is 16.4.